The third-order valence-corrected chi connectivity index (χ3v) is 3.32. The Morgan fingerprint density at radius 2 is 2.19 bits per heavy atom. The van der Waals surface area contributed by atoms with E-state index in [1.165, 1.54) is 0 Å². The van der Waals surface area contributed by atoms with Crippen LogP contribution in [0.25, 0.3) is 0 Å². The summed E-state index contributed by atoms with van der Waals surface area (Å²) in [7, 11) is 3.69. The number of hydrogen-bond donors (Lipinski definition) is 1. The number of halogens is 1. The fraction of sp³-hybridized carbons (Fsp3) is 0.417. The first-order chi connectivity index (χ1) is 7.56. The van der Waals surface area contributed by atoms with Crippen molar-refractivity contribution in [1.82, 2.24) is 10.2 Å². The quantitative estimate of drug-likeness (QED) is 0.918. The molecule has 0 fully saturated rings. The molecule has 1 aromatic carbocycles. The van der Waals surface area contributed by atoms with Crippen LogP contribution in [0, 0.1) is 6.92 Å². The molecule has 0 spiro atoms. The van der Waals surface area contributed by atoms with E-state index in [9.17, 15) is 4.79 Å². The van der Waals surface area contributed by atoms with E-state index >= 15 is 0 Å². The minimum Gasteiger partial charge on any atom is -0.340 e. The number of rotatable bonds is 4. The van der Waals surface area contributed by atoms with Gasteiger partial charge in [0.25, 0.3) is 5.91 Å². The highest BCUT2D eigenvalue weighted by atomic mass is 79.9. The molecule has 0 atom stereocenters. The molecule has 0 radical (unpaired) electrons. The summed E-state index contributed by atoms with van der Waals surface area (Å²) in [5.74, 6) is 0.0518. The lowest BCUT2D eigenvalue weighted by molar-refractivity contribution is 0.0797. The Bertz CT molecular complexity index is 379. The van der Waals surface area contributed by atoms with Crippen molar-refractivity contribution < 1.29 is 4.79 Å². The molecule has 0 unspecified atom stereocenters. The van der Waals surface area contributed by atoms with E-state index in [1.807, 2.05) is 39.2 Å². The molecule has 16 heavy (non-hydrogen) atoms. The van der Waals surface area contributed by atoms with E-state index in [0.29, 0.717) is 6.54 Å². The lowest BCUT2D eigenvalue weighted by Crippen LogP contribution is -2.32. The molecule has 0 saturated carbocycles. The maximum Gasteiger partial charge on any atom is 0.253 e. The molecule has 1 aromatic rings. The number of benzene rings is 1. The van der Waals surface area contributed by atoms with Crippen LogP contribution in [0.4, 0.5) is 0 Å². The monoisotopic (exact) mass is 284 g/mol. The predicted octanol–water partition coefficient (Wildman–Crippen LogP) is 2.05. The third-order valence-electron chi connectivity index (χ3n) is 2.46. The lowest BCUT2D eigenvalue weighted by atomic mass is 10.1. The average Bonchev–Trinajstić information content (AvgIpc) is 2.28. The third kappa shape index (κ3) is 3.32. The van der Waals surface area contributed by atoms with Crippen LogP contribution in [-0.4, -0.2) is 38.0 Å². The molecule has 0 bridgehead atoms. The van der Waals surface area contributed by atoms with Gasteiger partial charge in [-0.2, -0.15) is 0 Å². The van der Waals surface area contributed by atoms with Gasteiger partial charge in [0, 0.05) is 30.2 Å². The number of amides is 1. The predicted molar refractivity (Wildman–Crippen MR) is 69.8 cm³/mol. The van der Waals surface area contributed by atoms with Gasteiger partial charge in [0.15, 0.2) is 0 Å². The topological polar surface area (TPSA) is 32.3 Å². The van der Waals surface area contributed by atoms with Gasteiger partial charge in [-0.1, -0.05) is 22.0 Å². The number of carbonyl (C=O) groups excluding carboxylic acids is 1. The minimum atomic E-state index is 0.0518. The maximum atomic E-state index is 12.0. The molecule has 0 saturated heterocycles. The van der Waals surface area contributed by atoms with Crippen LogP contribution < -0.4 is 5.32 Å². The summed E-state index contributed by atoms with van der Waals surface area (Å²) in [6.07, 6.45) is 0. The van der Waals surface area contributed by atoms with Gasteiger partial charge in [0.1, 0.15) is 0 Å². The zero-order valence-corrected chi connectivity index (χ0v) is 11.5. The molecular weight excluding hydrogens is 268 g/mol. The second-order valence-corrected chi connectivity index (χ2v) is 4.65. The summed E-state index contributed by atoms with van der Waals surface area (Å²) in [6, 6.07) is 5.68. The van der Waals surface area contributed by atoms with E-state index in [4.69, 9.17) is 0 Å². The van der Waals surface area contributed by atoms with Crippen molar-refractivity contribution in [2.75, 3.05) is 27.2 Å². The molecule has 0 aliphatic heterocycles. The molecule has 0 heterocycles. The first-order valence-electron chi connectivity index (χ1n) is 5.22. The molecule has 4 heteroatoms. The zero-order chi connectivity index (χ0) is 12.1. The summed E-state index contributed by atoms with van der Waals surface area (Å²) in [6.45, 7) is 3.51. The number of nitrogens with one attached hydrogen (secondary N) is 1. The zero-order valence-electron chi connectivity index (χ0n) is 9.88. The molecule has 88 valence electrons. The Balaban J connectivity index is 2.76. The van der Waals surface area contributed by atoms with E-state index in [1.54, 1.807) is 4.90 Å². The summed E-state index contributed by atoms with van der Waals surface area (Å²) in [5, 5.41) is 3.02. The van der Waals surface area contributed by atoms with Crippen LogP contribution in [-0.2, 0) is 0 Å². The van der Waals surface area contributed by atoms with Gasteiger partial charge in [0.05, 0.1) is 0 Å². The van der Waals surface area contributed by atoms with Crippen molar-refractivity contribution in [2.24, 2.45) is 0 Å². The number of likely N-dealkylation sites (N-methyl/N-ethyl adjacent to an activating group) is 2. The molecule has 1 N–H and O–H groups in total. The summed E-state index contributed by atoms with van der Waals surface area (Å²) < 4.78 is 0.973. The van der Waals surface area contributed by atoms with Crippen LogP contribution in [0.1, 0.15) is 15.9 Å². The number of aryl methyl sites for hydroxylation is 1. The van der Waals surface area contributed by atoms with Crippen molar-refractivity contribution in [3.05, 3.63) is 33.8 Å². The lowest BCUT2D eigenvalue weighted by Gasteiger charge is -2.17. The van der Waals surface area contributed by atoms with Crippen molar-refractivity contribution in [2.45, 2.75) is 6.92 Å². The first-order valence-corrected chi connectivity index (χ1v) is 6.01. The van der Waals surface area contributed by atoms with Crippen LogP contribution in [0.3, 0.4) is 0 Å². The fourth-order valence-electron chi connectivity index (χ4n) is 1.33. The summed E-state index contributed by atoms with van der Waals surface area (Å²) >= 11 is 3.43. The highest BCUT2D eigenvalue weighted by Gasteiger charge is 2.11. The second kappa shape index (κ2) is 6.01. The van der Waals surface area contributed by atoms with Gasteiger partial charge in [0.2, 0.25) is 0 Å². The molecule has 3 nitrogen and oxygen atoms in total. The number of hydrogen-bond acceptors (Lipinski definition) is 2. The Labute approximate surface area is 105 Å². The van der Waals surface area contributed by atoms with E-state index in [2.05, 4.69) is 21.2 Å². The Morgan fingerprint density at radius 1 is 1.50 bits per heavy atom. The summed E-state index contributed by atoms with van der Waals surface area (Å²) in [4.78, 5) is 13.7. The van der Waals surface area contributed by atoms with E-state index in [0.717, 1.165) is 22.1 Å². The van der Waals surface area contributed by atoms with Crippen molar-refractivity contribution >= 4 is 21.8 Å². The average molecular weight is 285 g/mol. The van der Waals surface area contributed by atoms with Crippen LogP contribution >= 0.6 is 15.9 Å². The SMILES string of the molecule is CNCCN(C)C(=O)c1ccc(C)c(Br)c1. The second-order valence-electron chi connectivity index (χ2n) is 3.79. The van der Waals surface area contributed by atoms with Gasteiger partial charge >= 0.3 is 0 Å². The van der Waals surface area contributed by atoms with E-state index < -0.39 is 0 Å². The maximum absolute atomic E-state index is 12.0. The Kier molecular flexibility index (Phi) is 4.96. The molecule has 0 aliphatic rings. The van der Waals surface area contributed by atoms with Crippen molar-refractivity contribution in [1.29, 1.82) is 0 Å². The van der Waals surface area contributed by atoms with Crippen LogP contribution in [0.5, 0.6) is 0 Å². The number of carbonyl (C=O) groups is 1. The molecular formula is C12H17BrN2O. The van der Waals surface area contributed by atoms with Crippen molar-refractivity contribution in [3.63, 3.8) is 0 Å². The molecule has 0 aliphatic carbocycles. The highest BCUT2D eigenvalue weighted by Crippen LogP contribution is 2.18. The largest absolute Gasteiger partial charge is 0.340 e. The van der Waals surface area contributed by atoms with Gasteiger partial charge in [-0.25, -0.2) is 0 Å². The Hall–Kier alpha value is -0.870. The van der Waals surface area contributed by atoms with Crippen LogP contribution in [0.2, 0.25) is 0 Å². The highest BCUT2D eigenvalue weighted by molar-refractivity contribution is 9.10. The molecule has 1 amide bonds. The fourth-order valence-corrected chi connectivity index (χ4v) is 1.71. The Morgan fingerprint density at radius 3 is 2.75 bits per heavy atom. The first kappa shape index (κ1) is 13.2. The number of nitrogens with zero attached hydrogens (tertiary/aromatic N) is 1. The smallest absolute Gasteiger partial charge is 0.253 e. The van der Waals surface area contributed by atoms with Gasteiger partial charge in [-0.15, -0.1) is 0 Å². The minimum absolute atomic E-state index is 0.0518. The summed E-state index contributed by atoms with van der Waals surface area (Å²) in [5.41, 5.74) is 1.85. The van der Waals surface area contributed by atoms with Crippen LogP contribution in [0.15, 0.2) is 22.7 Å². The van der Waals surface area contributed by atoms with E-state index in [-0.39, 0.29) is 5.91 Å². The van der Waals surface area contributed by atoms with Gasteiger partial charge in [-0.3, -0.25) is 4.79 Å². The van der Waals surface area contributed by atoms with Crippen molar-refractivity contribution in [3.8, 4) is 0 Å². The normalized spacial score (nSPS) is 10.2. The molecule has 0 aromatic heterocycles. The van der Waals surface area contributed by atoms with Gasteiger partial charge < -0.3 is 10.2 Å². The van der Waals surface area contributed by atoms with Gasteiger partial charge in [-0.05, 0) is 31.7 Å². The molecule has 1 rings (SSSR count). The standard InChI is InChI=1S/C12H17BrN2O/c1-9-4-5-10(8-11(9)13)12(16)15(3)7-6-14-2/h4-5,8,14H,6-7H2,1-3H3.